The van der Waals surface area contributed by atoms with Crippen LogP contribution in [0.5, 0.6) is 0 Å². The van der Waals surface area contributed by atoms with E-state index in [0.717, 1.165) is 35.6 Å². The number of carbonyl (C=O) groups excluding carboxylic acids is 1. The van der Waals surface area contributed by atoms with Crippen LogP contribution < -0.4 is 5.32 Å². The highest BCUT2D eigenvalue weighted by molar-refractivity contribution is 7.92. The minimum Gasteiger partial charge on any atom is -0.301 e. The Labute approximate surface area is 139 Å². The van der Waals surface area contributed by atoms with Crippen molar-refractivity contribution in [2.45, 2.75) is 4.90 Å². The Morgan fingerprint density at radius 3 is 2.46 bits per heavy atom. The lowest BCUT2D eigenvalue weighted by molar-refractivity contribution is -0.113. The quantitative estimate of drug-likeness (QED) is 0.719. The molecule has 0 fully saturated rings. The molecular weight excluding hydrogens is 358 g/mol. The van der Waals surface area contributed by atoms with E-state index in [9.17, 15) is 22.0 Å². The normalized spacial score (nSPS) is 11.6. The topological polar surface area (TPSA) is 76.1 Å². The number of hydrogen-bond donors (Lipinski definition) is 1. The maximum atomic E-state index is 13.1. The first-order valence-electron chi connectivity index (χ1n) is 6.68. The van der Waals surface area contributed by atoms with Gasteiger partial charge in [-0.2, -0.15) is 0 Å². The second kappa shape index (κ2) is 6.25. The molecule has 0 aliphatic rings. The molecule has 0 spiro atoms. The number of halogens is 2. The monoisotopic (exact) mass is 368 g/mol. The third-order valence-electron chi connectivity index (χ3n) is 3.09. The molecule has 24 heavy (non-hydrogen) atoms. The number of thiazole rings is 1. The van der Waals surface area contributed by atoms with Crippen LogP contribution in [0.1, 0.15) is 0 Å². The van der Waals surface area contributed by atoms with Crippen LogP contribution in [-0.2, 0) is 14.6 Å². The van der Waals surface area contributed by atoms with E-state index in [2.05, 4.69) is 10.3 Å². The van der Waals surface area contributed by atoms with Gasteiger partial charge in [0.05, 0.1) is 15.1 Å². The number of nitrogens with zero attached hydrogens (tertiary/aromatic N) is 1. The molecule has 124 valence electrons. The average Bonchev–Trinajstić information content (AvgIpc) is 2.88. The third-order valence-corrected chi connectivity index (χ3v) is 5.66. The van der Waals surface area contributed by atoms with E-state index >= 15 is 0 Å². The number of amides is 1. The summed E-state index contributed by atoms with van der Waals surface area (Å²) in [4.78, 5) is 15.9. The maximum absolute atomic E-state index is 13.1. The van der Waals surface area contributed by atoms with Crippen LogP contribution in [-0.4, -0.2) is 25.1 Å². The molecule has 9 heteroatoms. The number of rotatable bonds is 4. The van der Waals surface area contributed by atoms with Crippen molar-refractivity contribution >= 4 is 42.4 Å². The molecular formula is C15H10F2N2O3S2. The molecule has 0 saturated carbocycles. The molecule has 2 aromatic carbocycles. The van der Waals surface area contributed by atoms with Crippen molar-refractivity contribution < 1.29 is 22.0 Å². The molecule has 5 nitrogen and oxygen atoms in total. The molecule has 0 bridgehead atoms. The molecule has 0 saturated heterocycles. The minimum absolute atomic E-state index is 0.148. The van der Waals surface area contributed by atoms with Gasteiger partial charge < -0.3 is 5.32 Å². The van der Waals surface area contributed by atoms with Gasteiger partial charge in [-0.15, -0.1) is 0 Å². The number of anilines is 1. The van der Waals surface area contributed by atoms with Crippen molar-refractivity contribution in [2.24, 2.45) is 0 Å². The Kier molecular flexibility index (Phi) is 4.29. The van der Waals surface area contributed by atoms with Gasteiger partial charge in [-0.25, -0.2) is 22.2 Å². The van der Waals surface area contributed by atoms with Crippen molar-refractivity contribution in [3.05, 3.63) is 54.1 Å². The van der Waals surface area contributed by atoms with Gasteiger partial charge in [0.1, 0.15) is 17.4 Å². The molecule has 0 aliphatic heterocycles. The fraction of sp³-hybridized carbons (Fsp3) is 0.0667. The molecule has 3 rings (SSSR count). The van der Waals surface area contributed by atoms with Crippen molar-refractivity contribution in [3.8, 4) is 0 Å². The molecule has 1 amide bonds. The minimum atomic E-state index is -3.90. The summed E-state index contributed by atoms with van der Waals surface area (Å²) in [7, 11) is -3.90. The summed E-state index contributed by atoms with van der Waals surface area (Å²) >= 11 is 1.04. The number of nitrogens with one attached hydrogen (secondary N) is 1. The molecule has 0 unspecified atom stereocenters. The highest BCUT2D eigenvalue weighted by atomic mass is 32.2. The van der Waals surface area contributed by atoms with E-state index in [4.69, 9.17) is 0 Å². The molecule has 1 aromatic heterocycles. The van der Waals surface area contributed by atoms with Crippen LogP contribution in [0.2, 0.25) is 0 Å². The van der Waals surface area contributed by atoms with E-state index in [0.29, 0.717) is 10.2 Å². The molecule has 0 aliphatic carbocycles. The fourth-order valence-electron chi connectivity index (χ4n) is 2.01. The first kappa shape index (κ1) is 16.5. The van der Waals surface area contributed by atoms with Crippen LogP contribution in [0, 0.1) is 11.6 Å². The van der Waals surface area contributed by atoms with Crippen LogP contribution in [0.15, 0.2) is 47.4 Å². The number of benzene rings is 2. The fourth-order valence-corrected chi connectivity index (χ4v) is 4.05. The van der Waals surface area contributed by atoms with Gasteiger partial charge in [-0.05, 0) is 42.5 Å². The highest BCUT2D eigenvalue weighted by Crippen LogP contribution is 2.26. The molecule has 1 heterocycles. The highest BCUT2D eigenvalue weighted by Gasteiger charge is 2.20. The summed E-state index contributed by atoms with van der Waals surface area (Å²) in [6.07, 6.45) is 0. The first-order chi connectivity index (χ1) is 11.3. The number of hydrogen-bond acceptors (Lipinski definition) is 5. The molecule has 1 N–H and O–H groups in total. The van der Waals surface area contributed by atoms with Gasteiger partial charge in [-0.3, -0.25) is 4.79 Å². The summed E-state index contributed by atoms with van der Waals surface area (Å²) in [5, 5.41) is 2.56. The standard InChI is InChI=1S/C15H10F2N2O3S2/c16-9-1-4-11(5-2-9)24(21,22)8-14(20)19-15-18-12-6-3-10(17)7-13(12)23-15/h1-7H,8H2,(H,18,19,20). The average molecular weight is 368 g/mol. The van der Waals surface area contributed by atoms with Gasteiger partial charge in [0.15, 0.2) is 15.0 Å². The summed E-state index contributed by atoms with van der Waals surface area (Å²) < 4.78 is 50.7. The number of aromatic nitrogens is 1. The van der Waals surface area contributed by atoms with Crippen molar-refractivity contribution in [1.29, 1.82) is 0 Å². The van der Waals surface area contributed by atoms with Crippen LogP contribution >= 0.6 is 11.3 Å². The summed E-state index contributed by atoms with van der Waals surface area (Å²) in [6.45, 7) is 0. The lowest BCUT2D eigenvalue weighted by Gasteiger charge is -2.04. The predicted octanol–water partition coefficient (Wildman–Crippen LogP) is 2.99. The lowest BCUT2D eigenvalue weighted by atomic mass is 10.3. The Hall–Kier alpha value is -2.39. The second-order valence-corrected chi connectivity index (χ2v) is 7.91. The smallest absolute Gasteiger partial charge is 0.241 e. The van der Waals surface area contributed by atoms with E-state index in [1.165, 1.54) is 18.2 Å². The second-order valence-electron chi connectivity index (χ2n) is 4.89. The lowest BCUT2D eigenvalue weighted by Crippen LogP contribution is -2.22. The van der Waals surface area contributed by atoms with Gasteiger partial charge in [0.25, 0.3) is 0 Å². The van der Waals surface area contributed by atoms with Crippen molar-refractivity contribution in [3.63, 3.8) is 0 Å². The van der Waals surface area contributed by atoms with Gasteiger partial charge in [0.2, 0.25) is 5.91 Å². The molecule has 0 radical (unpaired) electrons. The zero-order chi connectivity index (χ0) is 17.3. The largest absolute Gasteiger partial charge is 0.301 e. The summed E-state index contributed by atoms with van der Waals surface area (Å²) in [6, 6.07) is 8.19. The summed E-state index contributed by atoms with van der Waals surface area (Å²) in [5.41, 5.74) is 0.498. The molecule has 3 aromatic rings. The Morgan fingerprint density at radius 2 is 1.75 bits per heavy atom. The van der Waals surface area contributed by atoms with E-state index in [1.54, 1.807) is 0 Å². The van der Waals surface area contributed by atoms with Crippen molar-refractivity contribution in [1.82, 2.24) is 4.98 Å². The SMILES string of the molecule is O=C(CS(=O)(=O)c1ccc(F)cc1)Nc1nc2ccc(F)cc2s1. The zero-order valence-corrected chi connectivity index (χ0v) is 13.6. The maximum Gasteiger partial charge on any atom is 0.241 e. The number of carbonyl (C=O) groups is 1. The third kappa shape index (κ3) is 3.57. The van der Waals surface area contributed by atoms with E-state index < -0.39 is 33.1 Å². The van der Waals surface area contributed by atoms with Crippen molar-refractivity contribution in [2.75, 3.05) is 11.1 Å². The van der Waals surface area contributed by atoms with Gasteiger partial charge >= 0.3 is 0 Å². The Bertz CT molecular complexity index is 1010. The van der Waals surface area contributed by atoms with E-state index in [1.807, 2.05) is 0 Å². The number of sulfone groups is 1. The number of fused-ring (bicyclic) bond motifs is 1. The first-order valence-corrected chi connectivity index (χ1v) is 9.15. The van der Waals surface area contributed by atoms with Gasteiger partial charge in [-0.1, -0.05) is 11.3 Å². The predicted molar refractivity (Wildman–Crippen MR) is 86.7 cm³/mol. The van der Waals surface area contributed by atoms with E-state index in [-0.39, 0.29) is 10.0 Å². The summed E-state index contributed by atoms with van der Waals surface area (Å²) in [5.74, 6) is -2.58. The molecule has 0 atom stereocenters. The zero-order valence-electron chi connectivity index (χ0n) is 12.0. The Morgan fingerprint density at radius 1 is 1.08 bits per heavy atom. The van der Waals surface area contributed by atoms with Crippen LogP contribution in [0.3, 0.4) is 0 Å². The Balaban J connectivity index is 1.75. The van der Waals surface area contributed by atoms with Crippen LogP contribution in [0.4, 0.5) is 13.9 Å². The van der Waals surface area contributed by atoms with Gasteiger partial charge in [0, 0.05) is 0 Å². The van der Waals surface area contributed by atoms with Crippen LogP contribution in [0.25, 0.3) is 10.2 Å².